The second-order valence-electron chi connectivity index (χ2n) is 2.99. The van der Waals surface area contributed by atoms with Gasteiger partial charge in [0.1, 0.15) is 5.82 Å². The number of rotatable bonds is 3. The largest absolute Gasteiger partial charge is 0.314 e. The van der Waals surface area contributed by atoms with E-state index >= 15 is 0 Å². The zero-order valence-corrected chi connectivity index (χ0v) is 7.60. The fourth-order valence-corrected chi connectivity index (χ4v) is 1.04. The number of hydrogen-bond acceptors (Lipinski definition) is 2. The summed E-state index contributed by atoms with van der Waals surface area (Å²) >= 11 is 0. The second-order valence-corrected chi connectivity index (χ2v) is 2.99. The molecule has 2 nitrogen and oxygen atoms in total. The lowest BCUT2D eigenvalue weighted by Gasteiger charge is -2.08. The standard InChI is InChI=1S/C9H10F3NO/c1-13(14)3-2-6-4-8(11)9(12)5-7(6)10/h4-5,14H,2-3H2,1H3. The predicted molar refractivity (Wildman–Crippen MR) is 44.4 cm³/mol. The number of nitrogens with zero attached hydrogens (tertiary/aromatic N) is 1. The van der Waals surface area contributed by atoms with E-state index in [1.54, 1.807) is 0 Å². The third kappa shape index (κ3) is 2.71. The quantitative estimate of drug-likeness (QED) is 0.602. The van der Waals surface area contributed by atoms with Crippen molar-refractivity contribution in [1.29, 1.82) is 0 Å². The fraction of sp³-hybridized carbons (Fsp3) is 0.333. The van der Waals surface area contributed by atoms with Crippen molar-refractivity contribution in [2.75, 3.05) is 13.6 Å². The summed E-state index contributed by atoms with van der Waals surface area (Å²) in [4.78, 5) is 0. The minimum Gasteiger partial charge on any atom is -0.314 e. The number of benzene rings is 1. The molecule has 0 radical (unpaired) electrons. The molecule has 0 saturated carbocycles. The molecular formula is C9H10F3NO. The van der Waals surface area contributed by atoms with E-state index in [-0.39, 0.29) is 18.5 Å². The molecule has 0 aliphatic carbocycles. The zero-order chi connectivity index (χ0) is 10.7. The van der Waals surface area contributed by atoms with Crippen LogP contribution in [0.3, 0.4) is 0 Å². The third-order valence-corrected chi connectivity index (χ3v) is 1.79. The zero-order valence-electron chi connectivity index (χ0n) is 7.60. The van der Waals surface area contributed by atoms with Gasteiger partial charge in [0, 0.05) is 19.7 Å². The molecule has 0 fully saturated rings. The maximum atomic E-state index is 13.0. The summed E-state index contributed by atoms with van der Waals surface area (Å²) in [6.45, 7) is 0.155. The van der Waals surface area contributed by atoms with E-state index in [2.05, 4.69) is 0 Å². The Labute approximate surface area is 79.5 Å². The Morgan fingerprint density at radius 3 is 2.29 bits per heavy atom. The van der Waals surface area contributed by atoms with Crippen LogP contribution in [0.2, 0.25) is 0 Å². The molecule has 1 aromatic rings. The lowest BCUT2D eigenvalue weighted by atomic mass is 10.1. The summed E-state index contributed by atoms with van der Waals surface area (Å²) in [7, 11) is 1.39. The van der Waals surface area contributed by atoms with Gasteiger partial charge in [-0.05, 0) is 18.1 Å². The second kappa shape index (κ2) is 4.43. The van der Waals surface area contributed by atoms with Crippen molar-refractivity contribution in [3.63, 3.8) is 0 Å². The SMILES string of the molecule is CN(O)CCc1cc(F)c(F)cc1F. The molecule has 1 rings (SSSR count). The third-order valence-electron chi connectivity index (χ3n) is 1.79. The van der Waals surface area contributed by atoms with E-state index in [0.717, 1.165) is 11.1 Å². The van der Waals surface area contributed by atoms with Crippen LogP contribution in [0, 0.1) is 17.5 Å². The molecule has 0 aromatic heterocycles. The molecule has 0 heterocycles. The van der Waals surface area contributed by atoms with Crippen molar-refractivity contribution < 1.29 is 18.4 Å². The van der Waals surface area contributed by atoms with Gasteiger partial charge in [0.25, 0.3) is 0 Å². The Kier molecular flexibility index (Phi) is 3.49. The van der Waals surface area contributed by atoms with Gasteiger partial charge in [0.05, 0.1) is 0 Å². The number of halogens is 3. The summed E-state index contributed by atoms with van der Waals surface area (Å²) in [5.41, 5.74) is 0.0461. The lowest BCUT2D eigenvalue weighted by Crippen LogP contribution is -2.16. The molecule has 5 heteroatoms. The molecule has 0 saturated heterocycles. The normalized spacial score (nSPS) is 11.0. The summed E-state index contributed by atoms with van der Waals surface area (Å²) in [6.07, 6.45) is 0.121. The topological polar surface area (TPSA) is 23.5 Å². The van der Waals surface area contributed by atoms with Gasteiger partial charge in [-0.1, -0.05) is 0 Å². The average molecular weight is 205 g/mol. The first kappa shape index (κ1) is 11.0. The van der Waals surface area contributed by atoms with E-state index < -0.39 is 17.5 Å². The molecular weight excluding hydrogens is 195 g/mol. The maximum Gasteiger partial charge on any atom is 0.161 e. The van der Waals surface area contributed by atoms with Crippen LogP contribution < -0.4 is 0 Å². The van der Waals surface area contributed by atoms with Gasteiger partial charge in [-0.25, -0.2) is 13.2 Å². The van der Waals surface area contributed by atoms with Crippen LogP contribution in [0.15, 0.2) is 12.1 Å². The minimum absolute atomic E-state index is 0.0461. The molecule has 0 amide bonds. The predicted octanol–water partition coefficient (Wildman–Crippen LogP) is 1.97. The summed E-state index contributed by atoms with van der Waals surface area (Å²) in [5, 5.41) is 9.62. The van der Waals surface area contributed by atoms with Crippen LogP contribution in [-0.2, 0) is 6.42 Å². The number of hydroxylamine groups is 2. The van der Waals surface area contributed by atoms with E-state index in [4.69, 9.17) is 5.21 Å². The summed E-state index contributed by atoms with van der Waals surface area (Å²) in [5.74, 6) is -3.09. The number of likely N-dealkylation sites (N-methyl/N-ethyl adjacent to an activating group) is 1. The van der Waals surface area contributed by atoms with Crippen molar-refractivity contribution in [2.24, 2.45) is 0 Å². The highest BCUT2D eigenvalue weighted by Gasteiger charge is 2.09. The van der Waals surface area contributed by atoms with Crippen LogP contribution >= 0.6 is 0 Å². The van der Waals surface area contributed by atoms with Gasteiger partial charge < -0.3 is 5.21 Å². The van der Waals surface area contributed by atoms with Crippen LogP contribution in [-0.4, -0.2) is 23.9 Å². The van der Waals surface area contributed by atoms with E-state index in [1.807, 2.05) is 0 Å². The van der Waals surface area contributed by atoms with Gasteiger partial charge in [0.15, 0.2) is 11.6 Å². The monoisotopic (exact) mass is 205 g/mol. The Morgan fingerprint density at radius 1 is 1.14 bits per heavy atom. The van der Waals surface area contributed by atoms with Gasteiger partial charge >= 0.3 is 0 Å². The highest BCUT2D eigenvalue weighted by Crippen LogP contribution is 2.14. The van der Waals surface area contributed by atoms with Crippen molar-refractivity contribution in [2.45, 2.75) is 6.42 Å². The van der Waals surface area contributed by atoms with Crippen LogP contribution in [0.1, 0.15) is 5.56 Å². The Balaban J connectivity index is 2.82. The molecule has 78 valence electrons. The summed E-state index contributed by atoms with van der Waals surface area (Å²) < 4.78 is 38.1. The first-order valence-corrected chi connectivity index (χ1v) is 4.04. The van der Waals surface area contributed by atoms with E-state index in [9.17, 15) is 13.2 Å². The smallest absolute Gasteiger partial charge is 0.161 e. The molecule has 0 aliphatic rings. The van der Waals surface area contributed by atoms with Gasteiger partial charge in [-0.15, -0.1) is 0 Å². The molecule has 1 N–H and O–H groups in total. The van der Waals surface area contributed by atoms with Gasteiger partial charge in [0.2, 0.25) is 0 Å². The van der Waals surface area contributed by atoms with E-state index in [1.165, 1.54) is 7.05 Å². The Bertz CT molecular complexity index is 328. The fourth-order valence-electron chi connectivity index (χ4n) is 1.04. The highest BCUT2D eigenvalue weighted by molar-refractivity contribution is 5.20. The molecule has 0 spiro atoms. The molecule has 0 unspecified atom stereocenters. The van der Waals surface area contributed by atoms with Gasteiger partial charge in [-0.3, -0.25) is 0 Å². The van der Waals surface area contributed by atoms with Crippen molar-refractivity contribution >= 4 is 0 Å². The molecule has 14 heavy (non-hydrogen) atoms. The molecule has 1 aromatic carbocycles. The first-order chi connectivity index (χ1) is 6.50. The van der Waals surface area contributed by atoms with Crippen LogP contribution in [0.25, 0.3) is 0 Å². The van der Waals surface area contributed by atoms with Crippen LogP contribution in [0.5, 0.6) is 0 Å². The van der Waals surface area contributed by atoms with Crippen LogP contribution in [0.4, 0.5) is 13.2 Å². The van der Waals surface area contributed by atoms with Crippen molar-refractivity contribution in [3.8, 4) is 0 Å². The Morgan fingerprint density at radius 2 is 1.71 bits per heavy atom. The lowest BCUT2D eigenvalue weighted by molar-refractivity contribution is -0.0635. The average Bonchev–Trinajstić information content (AvgIpc) is 2.09. The minimum atomic E-state index is -1.20. The molecule has 0 bridgehead atoms. The van der Waals surface area contributed by atoms with Gasteiger partial charge in [-0.2, -0.15) is 5.06 Å². The molecule has 0 atom stereocenters. The first-order valence-electron chi connectivity index (χ1n) is 4.04. The number of hydrogen-bond donors (Lipinski definition) is 1. The summed E-state index contributed by atoms with van der Waals surface area (Å²) in [6, 6.07) is 1.30. The van der Waals surface area contributed by atoms with Crippen molar-refractivity contribution in [1.82, 2.24) is 5.06 Å². The van der Waals surface area contributed by atoms with Crippen molar-refractivity contribution in [3.05, 3.63) is 35.1 Å². The molecule has 0 aliphatic heterocycles. The Hall–Kier alpha value is -1.07. The highest BCUT2D eigenvalue weighted by atomic mass is 19.2. The van der Waals surface area contributed by atoms with E-state index in [0.29, 0.717) is 6.07 Å². The maximum absolute atomic E-state index is 13.0.